The molecule has 5 aromatic carbocycles. The zero-order chi connectivity index (χ0) is 29.3. The Balaban J connectivity index is 1.34. The maximum Gasteiger partial charge on any atom is 0.0711 e. The Kier molecular flexibility index (Phi) is 6.72. The number of rotatable bonds is 6. The number of anilines is 3. The van der Waals surface area contributed by atoms with Gasteiger partial charge in [0.25, 0.3) is 0 Å². The molecule has 0 aliphatic heterocycles. The molecule has 3 aliphatic carbocycles. The van der Waals surface area contributed by atoms with Gasteiger partial charge in [-0.05, 0) is 107 Å². The quantitative estimate of drug-likeness (QED) is 0.198. The summed E-state index contributed by atoms with van der Waals surface area (Å²) in [6.45, 7) is 0. The average molecular weight is 566 g/mol. The van der Waals surface area contributed by atoms with Crippen LogP contribution in [0.15, 0.2) is 169 Å². The Bertz CT molecular complexity index is 1940. The van der Waals surface area contributed by atoms with E-state index < -0.39 is 0 Å². The standard InChI is InChI=1S/C43H35N/c1-5-15-32(16-6-1)33-25-27-37(28-26-33)44(36-21-11-4-12-22-36)38-29-30-40-39-23-13-14-24-41(39)43(42(40)31-38,34-17-7-2-8-18-34)35-19-9-3-10-20-35/h2,4-5,7-9,11-31H,1,3,6,10H2. The Hall–Kier alpha value is -5.14. The van der Waals surface area contributed by atoms with E-state index in [1.54, 1.807) is 0 Å². The molecular formula is C43H35N. The molecule has 1 nitrogen and oxygen atoms in total. The summed E-state index contributed by atoms with van der Waals surface area (Å²) in [6, 6.07) is 47.1. The highest BCUT2D eigenvalue weighted by Gasteiger charge is 2.47. The Morgan fingerprint density at radius 2 is 1.11 bits per heavy atom. The summed E-state index contributed by atoms with van der Waals surface area (Å²) in [5.41, 5.74) is 13.7. The number of hydrogen-bond acceptors (Lipinski definition) is 1. The second-order valence-corrected chi connectivity index (χ2v) is 11.9. The van der Waals surface area contributed by atoms with Crippen LogP contribution >= 0.6 is 0 Å². The van der Waals surface area contributed by atoms with Gasteiger partial charge >= 0.3 is 0 Å². The van der Waals surface area contributed by atoms with Crippen LogP contribution in [0.4, 0.5) is 17.1 Å². The lowest BCUT2D eigenvalue weighted by molar-refractivity contribution is 0.751. The van der Waals surface area contributed by atoms with Crippen LogP contribution in [-0.4, -0.2) is 0 Å². The number of para-hydroxylation sites is 1. The number of fused-ring (bicyclic) bond motifs is 3. The van der Waals surface area contributed by atoms with E-state index in [-0.39, 0.29) is 5.41 Å². The SMILES string of the molecule is C1=CC(c2ccc(N(c3ccccc3)c3ccc4c(c3)C(C3=CCCC=C3)(c3ccccc3)c3ccccc3-4)cc2)=CCC1. The van der Waals surface area contributed by atoms with Gasteiger partial charge in [-0.2, -0.15) is 0 Å². The molecule has 1 atom stereocenters. The lowest BCUT2D eigenvalue weighted by Crippen LogP contribution is -2.29. The largest absolute Gasteiger partial charge is 0.310 e. The van der Waals surface area contributed by atoms with Gasteiger partial charge in [0.2, 0.25) is 0 Å². The van der Waals surface area contributed by atoms with Crippen molar-refractivity contribution in [1.82, 2.24) is 0 Å². The topological polar surface area (TPSA) is 3.24 Å². The monoisotopic (exact) mass is 565 g/mol. The molecule has 3 aliphatic rings. The van der Waals surface area contributed by atoms with Gasteiger partial charge in [0, 0.05) is 17.1 Å². The molecule has 0 bridgehead atoms. The van der Waals surface area contributed by atoms with Crippen LogP contribution in [0, 0.1) is 0 Å². The fourth-order valence-electron chi connectivity index (χ4n) is 7.43. The van der Waals surface area contributed by atoms with Crippen molar-refractivity contribution in [3.8, 4) is 11.1 Å². The summed E-state index contributed by atoms with van der Waals surface area (Å²) in [7, 11) is 0. The normalized spacial score (nSPS) is 18.3. The molecule has 0 saturated heterocycles. The smallest absolute Gasteiger partial charge is 0.0711 e. The van der Waals surface area contributed by atoms with Crippen LogP contribution in [0.1, 0.15) is 47.9 Å². The van der Waals surface area contributed by atoms with Crippen LogP contribution < -0.4 is 4.90 Å². The maximum absolute atomic E-state index is 2.47. The summed E-state index contributed by atoms with van der Waals surface area (Å²) in [5, 5.41) is 0. The molecule has 0 N–H and O–H groups in total. The second-order valence-electron chi connectivity index (χ2n) is 11.9. The van der Waals surface area contributed by atoms with Crippen molar-refractivity contribution < 1.29 is 0 Å². The second kappa shape index (κ2) is 11.2. The van der Waals surface area contributed by atoms with Gasteiger partial charge in [-0.15, -0.1) is 0 Å². The van der Waals surface area contributed by atoms with Crippen LogP contribution in [0.5, 0.6) is 0 Å². The third-order valence-corrected chi connectivity index (χ3v) is 9.39. The highest BCUT2D eigenvalue weighted by atomic mass is 15.1. The third-order valence-electron chi connectivity index (χ3n) is 9.39. The predicted octanol–water partition coefficient (Wildman–Crippen LogP) is 11.5. The minimum Gasteiger partial charge on any atom is -0.310 e. The van der Waals surface area contributed by atoms with Gasteiger partial charge in [-0.3, -0.25) is 0 Å². The van der Waals surface area contributed by atoms with Crippen molar-refractivity contribution in [1.29, 1.82) is 0 Å². The number of benzene rings is 5. The highest BCUT2D eigenvalue weighted by molar-refractivity contribution is 5.90. The van der Waals surface area contributed by atoms with Crippen molar-refractivity contribution in [2.45, 2.75) is 31.1 Å². The summed E-state index contributed by atoms with van der Waals surface area (Å²) in [4.78, 5) is 2.40. The lowest BCUT2D eigenvalue weighted by Gasteiger charge is -2.36. The van der Waals surface area contributed by atoms with Crippen LogP contribution in [0.25, 0.3) is 16.7 Å². The van der Waals surface area contributed by atoms with E-state index in [4.69, 9.17) is 0 Å². The first-order valence-corrected chi connectivity index (χ1v) is 15.8. The fraction of sp³-hybridized carbons (Fsp3) is 0.116. The van der Waals surface area contributed by atoms with E-state index in [0.717, 1.165) is 42.7 Å². The van der Waals surface area contributed by atoms with E-state index in [2.05, 4.69) is 169 Å². The van der Waals surface area contributed by atoms with Crippen LogP contribution in [-0.2, 0) is 5.41 Å². The molecule has 0 aromatic heterocycles. The Morgan fingerprint density at radius 1 is 0.477 bits per heavy atom. The van der Waals surface area contributed by atoms with Gasteiger partial charge in [0.1, 0.15) is 0 Å². The van der Waals surface area contributed by atoms with E-state index in [9.17, 15) is 0 Å². The molecule has 1 unspecified atom stereocenters. The molecule has 212 valence electrons. The summed E-state index contributed by atoms with van der Waals surface area (Å²) >= 11 is 0. The van der Waals surface area contributed by atoms with Gasteiger partial charge in [0.15, 0.2) is 0 Å². The fourth-order valence-corrected chi connectivity index (χ4v) is 7.43. The molecule has 0 radical (unpaired) electrons. The molecule has 0 heterocycles. The molecule has 0 amide bonds. The van der Waals surface area contributed by atoms with Crippen molar-refractivity contribution in [2.24, 2.45) is 0 Å². The summed E-state index contributed by atoms with van der Waals surface area (Å²) in [6.07, 6.45) is 18.4. The zero-order valence-electron chi connectivity index (χ0n) is 24.9. The molecule has 5 aromatic rings. The van der Waals surface area contributed by atoms with Gasteiger partial charge in [-0.1, -0.05) is 127 Å². The molecule has 0 saturated carbocycles. The molecular weight excluding hydrogens is 530 g/mol. The zero-order valence-corrected chi connectivity index (χ0v) is 24.9. The van der Waals surface area contributed by atoms with Gasteiger partial charge in [-0.25, -0.2) is 0 Å². The van der Waals surface area contributed by atoms with Gasteiger partial charge < -0.3 is 4.90 Å². The van der Waals surface area contributed by atoms with Crippen molar-refractivity contribution in [2.75, 3.05) is 4.90 Å². The van der Waals surface area contributed by atoms with E-state index in [1.165, 1.54) is 44.5 Å². The van der Waals surface area contributed by atoms with Crippen LogP contribution in [0.2, 0.25) is 0 Å². The Labute approximate surface area is 260 Å². The molecule has 1 heteroatoms. The molecule has 0 spiro atoms. The van der Waals surface area contributed by atoms with Crippen molar-refractivity contribution >= 4 is 22.6 Å². The Morgan fingerprint density at radius 3 is 1.84 bits per heavy atom. The summed E-state index contributed by atoms with van der Waals surface area (Å²) in [5.74, 6) is 0. The van der Waals surface area contributed by atoms with Gasteiger partial charge in [0.05, 0.1) is 5.41 Å². The first kappa shape index (κ1) is 26.5. The molecule has 8 rings (SSSR count). The first-order chi connectivity index (χ1) is 21.8. The number of allylic oxidation sites excluding steroid dienone is 8. The molecule has 0 fully saturated rings. The minimum absolute atomic E-state index is 0.383. The minimum atomic E-state index is -0.383. The van der Waals surface area contributed by atoms with Crippen molar-refractivity contribution in [3.63, 3.8) is 0 Å². The van der Waals surface area contributed by atoms with E-state index in [0.29, 0.717) is 0 Å². The lowest BCUT2D eigenvalue weighted by atomic mass is 9.66. The maximum atomic E-state index is 2.47. The summed E-state index contributed by atoms with van der Waals surface area (Å²) < 4.78 is 0. The average Bonchev–Trinajstić information content (AvgIpc) is 3.41. The predicted molar refractivity (Wildman–Crippen MR) is 186 cm³/mol. The highest BCUT2D eigenvalue weighted by Crippen LogP contribution is 2.58. The molecule has 44 heavy (non-hydrogen) atoms. The van der Waals surface area contributed by atoms with Crippen LogP contribution in [0.3, 0.4) is 0 Å². The third kappa shape index (κ3) is 4.31. The number of hydrogen-bond donors (Lipinski definition) is 0. The number of nitrogens with zero attached hydrogens (tertiary/aromatic N) is 1. The van der Waals surface area contributed by atoms with Crippen molar-refractivity contribution in [3.05, 3.63) is 192 Å². The van der Waals surface area contributed by atoms with E-state index in [1.807, 2.05) is 0 Å². The first-order valence-electron chi connectivity index (χ1n) is 15.8. The van der Waals surface area contributed by atoms with E-state index >= 15 is 0 Å².